The molecule has 138 valence electrons. The molecular formula is C18H23N5O3. The van der Waals surface area contributed by atoms with Gasteiger partial charge in [-0.3, -0.25) is 19.5 Å². The maximum Gasteiger partial charge on any atom is 0.275 e. The number of hydrogen-bond acceptors (Lipinski definition) is 4. The molecule has 26 heavy (non-hydrogen) atoms. The van der Waals surface area contributed by atoms with Crippen LogP contribution in [0.2, 0.25) is 0 Å². The minimum Gasteiger partial charge on any atom is -0.333 e. The van der Waals surface area contributed by atoms with Crippen LogP contribution >= 0.6 is 0 Å². The van der Waals surface area contributed by atoms with Crippen LogP contribution in [-0.4, -0.2) is 55.8 Å². The molecule has 0 aliphatic carbocycles. The van der Waals surface area contributed by atoms with Crippen LogP contribution < -0.4 is 5.56 Å². The Balaban J connectivity index is 1.61. The molecule has 0 bridgehead atoms. The lowest BCUT2D eigenvalue weighted by molar-refractivity contribution is -0.139. The predicted molar refractivity (Wildman–Crippen MR) is 94.8 cm³/mol. The van der Waals surface area contributed by atoms with Crippen molar-refractivity contribution in [1.29, 1.82) is 0 Å². The van der Waals surface area contributed by atoms with Crippen molar-refractivity contribution in [2.45, 2.75) is 45.6 Å². The SMILES string of the molecule is Cc1nc2cc(C3CCCN3C(=O)CN3CCCC3=O)[nH]n2c(=O)c1C. The molecule has 4 rings (SSSR count). The molecule has 1 N–H and O–H groups in total. The lowest BCUT2D eigenvalue weighted by atomic mass is 10.1. The van der Waals surface area contributed by atoms with Crippen LogP contribution in [0.3, 0.4) is 0 Å². The van der Waals surface area contributed by atoms with Crippen LogP contribution in [-0.2, 0) is 9.59 Å². The van der Waals surface area contributed by atoms with Crippen molar-refractivity contribution in [2.24, 2.45) is 0 Å². The molecule has 2 aliphatic rings. The van der Waals surface area contributed by atoms with Gasteiger partial charge in [-0.2, -0.15) is 0 Å². The average molecular weight is 357 g/mol. The molecule has 0 saturated carbocycles. The molecule has 2 amide bonds. The molecule has 0 aromatic carbocycles. The van der Waals surface area contributed by atoms with Crippen molar-refractivity contribution in [3.63, 3.8) is 0 Å². The van der Waals surface area contributed by atoms with E-state index in [9.17, 15) is 14.4 Å². The summed E-state index contributed by atoms with van der Waals surface area (Å²) in [5.74, 6) is 0.0236. The lowest BCUT2D eigenvalue weighted by Crippen LogP contribution is -2.40. The first-order valence-electron chi connectivity index (χ1n) is 9.12. The van der Waals surface area contributed by atoms with E-state index in [2.05, 4.69) is 10.1 Å². The second-order valence-electron chi connectivity index (χ2n) is 7.20. The number of aromatic nitrogens is 3. The highest BCUT2D eigenvalue weighted by Crippen LogP contribution is 2.31. The third kappa shape index (κ3) is 2.69. The van der Waals surface area contributed by atoms with E-state index < -0.39 is 0 Å². The summed E-state index contributed by atoms with van der Waals surface area (Å²) in [4.78, 5) is 44.9. The number of carbonyl (C=O) groups is 2. The smallest absolute Gasteiger partial charge is 0.275 e. The first-order valence-corrected chi connectivity index (χ1v) is 9.12. The molecule has 1 atom stereocenters. The molecule has 2 aliphatic heterocycles. The number of carbonyl (C=O) groups excluding carboxylic acids is 2. The van der Waals surface area contributed by atoms with E-state index in [1.54, 1.807) is 11.8 Å². The van der Waals surface area contributed by atoms with Crippen LogP contribution in [0.25, 0.3) is 5.65 Å². The zero-order chi connectivity index (χ0) is 18.4. The third-order valence-electron chi connectivity index (χ3n) is 5.53. The number of aryl methyl sites for hydroxylation is 1. The summed E-state index contributed by atoms with van der Waals surface area (Å²) in [6, 6.07) is 1.74. The molecule has 2 saturated heterocycles. The fraction of sp³-hybridized carbons (Fsp3) is 0.556. The van der Waals surface area contributed by atoms with Crippen LogP contribution in [0.15, 0.2) is 10.9 Å². The fourth-order valence-electron chi connectivity index (χ4n) is 3.92. The molecule has 2 aromatic rings. The molecule has 8 nitrogen and oxygen atoms in total. The van der Waals surface area contributed by atoms with Crippen molar-refractivity contribution in [3.8, 4) is 0 Å². The van der Waals surface area contributed by atoms with E-state index in [4.69, 9.17) is 0 Å². The van der Waals surface area contributed by atoms with E-state index in [-0.39, 0.29) is 30.0 Å². The highest BCUT2D eigenvalue weighted by atomic mass is 16.2. The Labute approximate surface area is 150 Å². The van der Waals surface area contributed by atoms with Crippen LogP contribution in [0, 0.1) is 13.8 Å². The van der Waals surface area contributed by atoms with Gasteiger partial charge in [-0.05, 0) is 33.1 Å². The van der Waals surface area contributed by atoms with Gasteiger partial charge in [0.1, 0.15) is 0 Å². The van der Waals surface area contributed by atoms with E-state index in [1.165, 1.54) is 4.52 Å². The second kappa shape index (κ2) is 6.26. The first kappa shape index (κ1) is 16.8. The Morgan fingerprint density at radius 1 is 1.27 bits per heavy atom. The maximum absolute atomic E-state index is 12.8. The molecule has 4 heterocycles. The first-order chi connectivity index (χ1) is 12.5. The Morgan fingerprint density at radius 2 is 2.08 bits per heavy atom. The van der Waals surface area contributed by atoms with Gasteiger partial charge in [0.2, 0.25) is 11.8 Å². The van der Waals surface area contributed by atoms with Crippen molar-refractivity contribution in [3.05, 3.63) is 33.4 Å². The summed E-state index contributed by atoms with van der Waals surface area (Å²) in [5, 5.41) is 3.13. The van der Waals surface area contributed by atoms with Gasteiger partial charge < -0.3 is 9.80 Å². The van der Waals surface area contributed by atoms with Crippen LogP contribution in [0.4, 0.5) is 0 Å². The van der Waals surface area contributed by atoms with Crippen molar-refractivity contribution in [2.75, 3.05) is 19.6 Å². The largest absolute Gasteiger partial charge is 0.333 e. The van der Waals surface area contributed by atoms with Crippen molar-refractivity contribution >= 4 is 17.5 Å². The molecule has 0 spiro atoms. The lowest BCUT2D eigenvalue weighted by Gasteiger charge is -2.26. The highest BCUT2D eigenvalue weighted by molar-refractivity contribution is 5.86. The highest BCUT2D eigenvalue weighted by Gasteiger charge is 2.33. The molecular weight excluding hydrogens is 334 g/mol. The Kier molecular flexibility index (Phi) is 4.05. The topological polar surface area (TPSA) is 90.8 Å². The summed E-state index contributed by atoms with van der Waals surface area (Å²) in [7, 11) is 0. The van der Waals surface area contributed by atoms with Gasteiger partial charge in [0.05, 0.1) is 18.3 Å². The number of nitrogens with one attached hydrogen (secondary N) is 1. The number of rotatable bonds is 3. The van der Waals surface area contributed by atoms with Gasteiger partial charge in [0, 0.05) is 36.8 Å². The van der Waals surface area contributed by atoms with Crippen molar-refractivity contribution < 1.29 is 9.59 Å². The Hall–Kier alpha value is -2.64. The summed E-state index contributed by atoms with van der Waals surface area (Å²) in [5.41, 5.74) is 2.60. The molecule has 1 unspecified atom stereocenters. The second-order valence-corrected chi connectivity index (χ2v) is 7.20. The zero-order valence-electron chi connectivity index (χ0n) is 15.1. The van der Waals surface area contributed by atoms with E-state index in [0.29, 0.717) is 36.4 Å². The number of aromatic amines is 1. The summed E-state index contributed by atoms with van der Waals surface area (Å²) >= 11 is 0. The van der Waals surface area contributed by atoms with Gasteiger partial charge in [0.15, 0.2) is 5.65 Å². The average Bonchev–Trinajstić information content (AvgIpc) is 3.32. The number of nitrogens with zero attached hydrogens (tertiary/aromatic N) is 4. The molecule has 2 aromatic heterocycles. The maximum atomic E-state index is 12.8. The summed E-state index contributed by atoms with van der Waals surface area (Å²) < 4.78 is 1.45. The summed E-state index contributed by atoms with van der Waals surface area (Å²) in [6.45, 7) is 5.05. The molecule has 0 radical (unpaired) electrons. The number of likely N-dealkylation sites (tertiary alicyclic amines) is 2. The monoisotopic (exact) mass is 357 g/mol. The standard InChI is InChI=1S/C18H23N5O3/c1-11-12(2)19-15-9-13(20-23(15)18(11)26)14-5-3-8-22(14)17(25)10-21-7-4-6-16(21)24/h9,14,20H,3-8,10H2,1-2H3. The summed E-state index contributed by atoms with van der Waals surface area (Å²) in [6.07, 6.45) is 3.09. The number of H-pyrrole nitrogens is 1. The minimum absolute atomic E-state index is 0.0333. The van der Waals surface area contributed by atoms with Crippen LogP contribution in [0.5, 0.6) is 0 Å². The predicted octanol–water partition coefficient (Wildman–Crippen LogP) is 0.925. The minimum atomic E-state index is -0.114. The number of hydrogen-bond donors (Lipinski definition) is 1. The van der Waals surface area contributed by atoms with E-state index in [1.807, 2.05) is 17.9 Å². The van der Waals surface area contributed by atoms with E-state index in [0.717, 1.165) is 25.0 Å². The Bertz CT molecular complexity index is 944. The number of fused-ring (bicyclic) bond motifs is 1. The Morgan fingerprint density at radius 3 is 2.81 bits per heavy atom. The van der Waals surface area contributed by atoms with Gasteiger partial charge in [-0.15, -0.1) is 0 Å². The zero-order valence-corrected chi connectivity index (χ0v) is 15.1. The van der Waals surface area contributed by atoms with Crippen LogP contribution in [0.1, 0.15) is 48.7 Å². The van der Waals surface area contributed by atoms with Gasteiger partial charge >= 0.3 is 0 Å². The normalized spacial score (nSPS) is 20.5. The molecule has 8 heteroatoms. The van der Waals surface area contributed by atoms with Gasteiger partial charge in [-0.1, -0.05) is 0 Å². The van der Waals surface area contributed by atoms with Crippen molar-refractivity contribution in [1.82, 2.24) is 24.4 Å². The van der Waals surface area contributed by atoms with Gasteiger partial charge in [0.25, 0.3) is 5.56 Å². The number of amides is 2. The third-order valence-corrected chi connectivity index (χ3v) is 5.53. The fourth-order valence-corrected chi connectivity index (χ4v) is 3.92. The quantitative estimate of drug-likeness (QED) is 0.885. The van der Waals surface area contributed by atoms with E-state index >= 15 is 0 Å². The molecule has 2 fully saturated rings. The van der Waals surface area contributed by atoms with Gasteiger partial charge in [-0.25, -0.2) is 9.50 Å².